The summed E-state index contributed by atoms with van der Waals surface area (Å²) in [6, 6.07) is 7.68. The van der Waals surface area contributed by atoms with E-state index in [0.29, 0.717) is 6.42 Å². The van der Waals surface area contributed by atoms with Crippen molar-refractivity contribution in [3.8, 4) is 5.75 Å². The molecule has 5 nitrogen and oxygen atoms in total. The Balaban J connectivity index is 0.00000361. The number of nitrogens with one attached hydrogen (secondary N) is 1. The Morgan fingerprint density at radius 2 is 1.80 bits per heavy atom. The summed E-state index contributed by atoms with van der Waals surface area (Å²) in [5.74, 6) is 0.549. The summed E-state index contributed by atoms with van der Waals surface area (Å²) >= 11 is 0. The van der Waals surface area contributed by atoms with Gasteiger partial charge in [-0.3, -0.25) is 0 Å². The minimum absolute atomic E-state index is 0. The zero-order chi connectivity index (χ0) is 14.1. The number of anilines is 1. The van der Waals surface area contributed by atoms with Gasteiger partial charge in [-0.1, -0.05) is 25.0 Å². The van der Waals surface area contributed by atoms with Crippen LogP contribution >= 0.6 is 0 Å². The van der Waals surface area contributed by atoms with Gasteiger partial charge in [0, 0.05) is 12.3 Å². The van der Waals surface area contributed by atoms with E-state index in [2.05, 4.69) is 5.32 Å². The number of para-hydroxylation sites is 2. The van der Waals surface area contributed by atoms with Crippen molar-refractivity contribution in [1.29, 1.82) is 0 Å². The van der Waals surface area contributed by atoms with Crippen LogP contribution in [0.1, 0.15) is 25.7 Å². The topological polar surface area (TPSA) is 78.5 Å². The number of unbranched alkanes of at least 4 members (excludes halogenated alkanes) is 3. The van der Waals surface area contributed by atoms with Crippen molar-refractivity contribution < 1.29 is 47.3 Å². The largest absolute Gasteiger partial charge is 1.00 e. The molecule has 0 unspecified atom stereocenters. The number of hydrogen-bond donors (Lipinski definition) is 1. The Morgan fingerprint density at radius 1 is 1.15 bits per heavy atom. The molecule has 0 amide bonds. The van der Waals surface area contributed by atoms with Crippen molar-refractivity contribution in [2.75, 3.05) is 24.7 Å². The van der Waals surface area contributed by atoms with Gasteiger partial charge in [-0.05, 0) is 25.0 Å². The molecule has 0 radical (unpaired) electrons. The minimum atomic E-state index is -4.05. The molecule has 0 aromatic heterocycles. The number of ether oxygens (including phenoxy) is 1. The monoisotopic (exact) mass is 309 g/mol. The molecule has 0 spiro atoms. The van der Waals surface area contributed by atoms with Crippen LogP contribution in [0.25, 0.3) is 0 Å². The number of benzene rings is 1. The van der Waals surface area contributed by atoms with E-state index in [-0.39, 0.29) is 35.3 Å². The third-order valence-corrected chi connectivity index (χ3v) is 3.53. The molecule has 1 aromatic rings. The first kappa shape index (κ1) is 19.7. The molecule has 0 bridgehead atoms. The molecule has 0 atom stereocenters. The zero-order valence-corrected chi connectivity index (χ0v) is 14.9. The predicted octanol–water partition coefficient (Wildman–Crippen LogP) is -0.783. The van der Waals surface area contributed by atoms with E-state index in [4.69, 9.17) is 4.74 Å². The Labute approximate surface area is 143 Å². The maximum absolute atomic E-state index is 10.4. The van der Waals surface area contributed by atoms with Crippen LogP contribution in [0.15, 0.2) is 24.3 Å². The van der Waals surface area contributed by atoms with E-state index < -0.39 is 10.1 Å². The zero-order valence-electron chi connectivity index (χ0n) is 12.1. The van der Waals surface area contributed by atoms with Crippen LogP contribution in [0.2, 0.25) is 0 Å². The maximum atomic E-state index is 10.4. The molecule has 0 aliphatic heterocycles. The van der Waals surface area contributed by atoms with Crippen LogP contribution in [0.4, 0.5) is 5.69 Å². The third kappa shape index (κ3) is 8.81. The average Bonchev–Trinajstić information content (AvgIpc) is 2.37. The minimum Gasteiger partial charge on any atom is -0.748 e. The molecule has 1 N–H and O–H groups in total. The number of rotatable bonds is 9. The summed E-state index contributed by atoms with van der Waals surface area (Å²) in [6.45, 7) is 0.796. The Morgan fingerprint density at radius 3 is 2.45 bits per heavy atom. The second-order valence-corrected chi connectivity index (χ2v) is 5.83. The van der Waals surface area contributed by atoms with Crippen molar-refractivity contribution in [3.63, 3.8) is 0 Å². The smallest absolute Gasteiger partial charge is 0.748 e. The van der Waals surface area contributed by atoms with E-state index in [1.165, 1.54) is 0 Å². The van der Waals surface area contributed by atoms with E-state index in [1.54, 1.807) is 7.11 Å². The fourth-order valence-corrected chi connectivity index (χ4v) is 2.33. The van der Waals surface area contributed by atoms with Crippen LogP contribution in [0.5, 0.6) is 5.75 Å². The molecule has 0 aliphatic rings. The summed E-state index contributed by atoms with van der Waals surface area (Å²) in [5.41, 5.74) is 0.951. The molecule has 1 rings (SSSR count). The van der Waals surface area contributed by atoms with Gasteiger partial charge in [0.05, 0.1) is 22.9 Å². The second-order valence-electron chi connectivity index (χ2n) is 4.30. The Hall–Kier alpha value is -0.270. The van der Waals surface area contributed by atoms with Crippen molar-refractivity contribution >= 4 is 15.8 Å². The van der Waals surface area contributed by atoms with Crippen molar-refractivity contribution in [2.45, 2.75) is 25.7 Å². The Kier molecular flexibility index (Phi) is 10.3. The van der Waals surface area contributed by atoms with Gasteiger partial charge in [-0.2, -0.15) is 0 Å². The predicted molar refractivity (Wildman–Crippen MR) is 74.5 cm³/mol. The fourth-order valence-electron chi connectivity index (χ4n) is 1.77. The molecule has 0 fully saturated rings. The van der Waals surface area contributed by atoms with E-state index in [1.807, 2.05) is 24.3 Å². The summed E-state index contributed by atoms with van der Waals surface area (Å²) in [4.78, 5) is 0. The van der Waals surface area contributed by atoms with Gasteiger partial charge in [-0.15, -0.1) is 0 Å². The molecule has 0 aliphatic carbocycles. The summed E-state index contributed by atoms with van der Waals surface area (Å²) in [5, 5.41) is 3.27. The molecule has 1 aromatic carbocycles. The molecule has 0 heterocycles. The van der Waals surface area contributed by atoms with Gasteiger partial charge in [0.15, 0.2) is 0 Å². The quantitative estimate of drug-likeness (QED) is 0.368. The normalized spacial score (nSPS) is 10.7. The van der Waals surface area contributed by atoms with Gasteiger partial charge in [0.25, 0.3) is 0 Å². The van der Waals surface area contributed by atoms with Crippen molar-refractivity contribution in [3.05, 3.63) is 24.3 Å². The Bertz CT molecular complexity index is 479. The first-order valence-electron chi connectivity index (χ1n) is 6.33. The molecular weight excluding hydrogens is 289 g/mol. The van der Waals surface area contributed by atoms with E-state index >= 15 is 0 Å². The second kappa shape index (κ2) is 10.5. The summed E-state index contributed by atoms with van der Waals surface area (Å²) < 4.78 is 36.4. The fraction of sp³-hybridized carbons (Fsp3) is 0.538. The maximum Gasteiger partial charge on any atom is 1.00 e. The van der Waals surface area contributed by atoms with Gasteiger partial charge in [0.2, 0.25) is 0 Å². The molecule has 0 saturated heterocycles. The first-order chi connectivity index (χ1) is 9.03. The molecular formula is C13H20NNaO4S. The molecule has 108 valence electrons. The van der Waals surface area contributed by atoms with Crippen LogP contribution in [0.3, 0.4) is 0 Å². The van der Waals surface area contributed by atoms with Crippen LogP contribution < -0.4 is 39.6 Å². The standard InChI is InChI=1S/C13H21NO4S.Na/c1-18-13-9-5-4-8-12(13)14-10-6-2-3-7-11-19(15,16)17;/h4-5,8-9,14H,2-3,6-7,10-11H2,1H3,(H,15,16,17);/q;+1/p-1. The van der Waals surface area contributed by atoms with Gasteiger partial charge < -0.3 is 14.6 Å². The molecule has 7 heteroatoms. The van der Waals surface area contributed by atoms with Crippen LogP contribution in [0, 0.1) is 0 Å². The van der Waals surface area contributed by atoms with Crippen LogP contribution in [-0.2, 0) is 10.1 Å². The van der Waals surface area contributed by atoms with E-state index in [9.17, 15) is 13.0 Å². The van der Waals surface area contributed by atoms with Gasteiger partial charge in [0.1, 0.15) is 5.75 Å². The van der Waals surface area contributed by atoms with E-state index in [0.717, 1.165) is 37.2 Å². The van der Waals surface area contributed by atoms with Crippen molar-refractivity contribution in [2.24, 2.45) is 0 Å². The molecule has 0 saturated carbocycles. The third-order valence-electron chi connectivity index (χ3n) is 2.74. The number of methoxy groups -OCH3 is 1. The first-order valence-corrected chi connectivity index (χ1v) is 7.91. The van der Waals surface area contributed by atoms with Gasteiger partial charge in [-0.25, -0.2) is 8.42 Å². The van der Waals surface area contributed by atoms with Crippen LogP contribution in [-0.4, -0.2) is 32.4 Å². The SMILES string of the molecule is COc1ccccc1NCCCCCCS(=O)(=O)[O-].[Na+]. The number of hydrogen-bond acceptors (Lipinski definition) is 5. The van der Waals surface area contributed by atoms with Crippen molar-refractivity contribution in [1.82, 2.24) is 0 Å². The van der Waals surface area contributed by atoms with Gasteiger partial charge >= 0.3 is 29.6 Å². The summed E-state index contributed by atoms with van der Waals surface area (Å²) in [6.07, 6.45) is 3.03. The average molecular weight is 309 g/mol. The summed E-state index contributed by atoms with van der Waals surface area (Å²) in [7, 11) is -2.42. The molecule has 20 heavy (non-hydrogen) atoms.